The average Bonchev–Trinajstić information content (AvgIpc) is 3.25. The van der Waals surface area contributed by atoms with Crippen LogP contribution in [0.1, 0.15) is 30.0 Å². The standard InChI is InChI=1S/C18H23FN4O2/c1-23-12-13(11-21-23)8-9-20-18(24)22-17(16-3-2-10-25-16)14-4-6-15(19)7-5-14/h4-7,11-12,16-17H,2-3,8-10H2,1H3,(H2,20,22,24)/t16-,17-/m1/s1. The minimum atomic E-state index is -0.296. The Bertz CT molecular complexity index is 695. The number of rotatable bonds is 6. The van der Waals surface area contributed by atoms with E-state index in [0.29, 0.717) is 19.6 Å². The molecule has 25 heavy (non-hydrogen) atoms. The van der Waals surface area contributed by atoms with Crippen LogP contribution >= 0.6 is 0 Å². The van der Waals surface area contributed by atoms with Crippen LogP contribution in [0.2, 0.25) is 0 Å². The lowest BCUT2D eigenvalue weighted by Gasteiger charge is -2.25. The van der Waals surface area contributed by atoms with Gasteiger partial charge in [0.2, 0.25) is 0 Å². The smallest absolute Gasteiger partial charge is 0.315 e. The predicted molar refractivity (Wildman–Crippen MR) is 91.6 cm³/mol. The summed E-state index contributed by atoms with van der Waals surface area (Å²) in [6.07, 6.45) is 6.17. The fraction of sp³-hybridized carbons (Fsp3) is 0.444. The number of amides is 2. The van der Waals surface area contributed by atoms with Gasteiger partial charge in [0, 0.05) is 26.4 Å². The minimum Gasteiger partial charge on any atom is -0.376 e. The van der Waals surface area contributed by atoms with Crippen LogP contribution in [0.4, 0.5) is 9.18 Å². The van der Waals surface area contributed by atoms with Crippen molar-refractivity contribution in [3.63, 3.8) is 0 Å². The highest BCUT2D eigenvalue weighted by Gasteiger charge is 2.28. The second-order valence-corrected chi connectivity index (χ2v) is 6.25. The van der Waals surface area contributed by atoms with E-state index in [1.807, 2.05) is 13.2 Å². The number of carbonyl (C=O) groups is 1. The molecule has 3 rings (SSSR count). The third-order valence-electron chi connectivity index (χ3n) is 4.31. The molecule has 7 heteroatoms. The predicted octanol–water partition coefficient (Wildman–Crippen LogP) is 2.32. The van der Waals surface area contributed by atoms with Crippen LogP contribution in [-0.4, -0.2) is 35.1 Å². The molecule has 134 valence electrons. The molecule has 1 aliphatic rings. The zero-order valence-electron chi connectivity index (χ0n) is 14.2. The fourth-order valence-electron chi connectivity index (χ4n) is 3.04. The maximum absolute atomic E-state index is 13.2. The monoisotopic (exact) mass is 346 g/mol. The average molecular weight is 346 g/mol. The largest absolute Gasteiger partial charge is 0.376 e. The molecule has 0 unspecified atom stereocenters. The van der Waals surface area contributed by atoms with E-state index < -0.39 is 0 Å². The van der Waals surface area contributed by atoms with Gasteiger partial charge >= 0.3 is 6.03 Å². The Morgan fingerprint density at radius 3 is 2.88 bits per heavy atom. The van der Waals surface area contributed by atoms with Crippen LogP contribution < -0.4 is 10.6 Å². The Morgan fingerprint density at radius 1 is 1.44 bits per heavy atom. The number of urea groups is 1. The van der Waals surface area contributed by atoms with Crippen LogP contribution in [-0.2, 0) is 18.2 Å². The van der Waals surface area contributed by atoms with Crippen molar-refractivity contribution < 1.29 is 13.9 Å². The molecule has 2 amide bonds. The van der Waals surface area contributed by atoms with E-state index >= 15 is 0 Å². The lowest BCUT2D eigenvalue weighted by molar-refractivity contribution is 0.0807. The van der Waals surface area contributed by atoms with E-state index in [0.717, 1.165) is 24.0 Å². The summed E-state index contributed by atoms with van der Waals surface area (Å²) in [7, 11) is 1.86. The molecule has 1 aromatic carbocycles. The van der Waals surface area contributed by atoms with Gasteiger partial charge in [-0.3, -0.25) is 4.68 Å². The number of nitrogens with zero attached hydrogens (tertiary/aromatic N) is 2. The zero-order chi connectivity index (χ0) is 17.6. The zero-order valence-corrected chi connectivity index (χ0v) is 14.2. The number of hydrogen-bond donors (Lipinski definition) is 2. The first-order chi connectivity index (χ1) is 12.1. The van der Waals surface area contributed by atoms with E-state index in [9.17, 15) is 9.18 Å². The summed E-state index contributed by atoms with van der Waals surface area (Å²) in [6, 6.07) is 5.64. The number of aryl methyl sites for hydroxylation is 1. The molecule has 0 aliphatic carbocycles. The van der Waals surface area contributed by atoms with Gasteiger partial charge in [0.1, 0.15) is 5.82 Å². The molecule has 2 aromatic rings. The van der Waals surface area contributed by atoms with Gasteiger partial charge in [0.15, 0.2) is 0 Å². The molecule has 1 saturated heterocycles. The molecule has 0 spiro atoms. The van der Waals surface area contributed by atoms with Gasteiger partial charge in [0.25, 0.3) is 0 Å². The Labute approximate surface area is 146 Å². The Balaban J connectivity index is 1.57. The summed E-state index contributed by atoms with van der Waals surface area (Å²) in [5.74, 6) is -0.296. The quantitative estimate of drug-likeness (QED) is 0.843. The Kier molecular flexibility index (Phi) is 5.65. The van der Waals surface area contributed by atoms with Crippen LogP contribution in [0.5, 0.6) is 0 Å². The Morgan fingerprint density at radius 2 is 2.24 bits per heavy atom. The second-order valence-electron chi connectivity index (χ2n) is 6.25. The number of benzene rings is 1. The molecule has 0 bridgehead atoms. The molecular formula is C18H23FN4O2. The molecule has 1 fully saturated rings. The number of nitrogens with one attached hydrogen (secondary N) is 2. The van der Waals surface area contributed by atoms with E-state index in [2.05, 4.69) is 15.7 Å². The van der Waals surface area contributed by atoms with E-state index in [1.165, 1.54) is 12.1 Å². The summed E-state index contributed by atoms with van der Waals surface area (Å²) in [6.45, 7) is 1.20. The summed E-state index contributed by atoms with van der Waals surface area (Å²) in [5, 5.41) is 9.93. The third kappa shape index (κ3) is 4.79. The van der Waals surface area contributed by atoms with Crippen molar-refractivity contribution in [2.75, 3.05) is 13.2 Å². The van der Waals surface area contributed by atoms with Gasteiger partial charge in [-0.05, 0) is 42.5 Å². The van der Waals surface area contributed by atoms with Crippen molar-refractivity contribution >= 4 is 6.03 Å². The van der Waals surface area contributed by atoms with E-state index in [4.69, 9.17) is 4.74 Å². The molecule has 6 nitrogen and oxygen atoms in total. The number of carbonyl (C=O) groups excluding carboxylic acids is 1. The summed E-state index contributed by atoms with van der Waals surface area (Å²) < 4.78 is 20.6. The van der Waals surface area contributed by atoms with E-state index in [1.54, 1.807) is 23.0 Å². The number of ether oxygens (including phenoxy) is 1. The first-order valence-electron chi connectivity index (χ1n) is 8.51. The van der Waals surface area contributed by atoms with Gasteiger partial charge in [-0.25, -0.2) is 9.18 Å². The van der Waals surface area contributed by atoms with Crippen molar-refractivity contribution in [3.05, 3.63) is 53.6 Å². The van der Waals surface area contributed by atoms with Gasteiger partial charge in [-0.15, -0.1) is 0 Å². The second kappa shape index (κ2) is 8.11. The van der Waals surface area contributed by atoms with Crippen molar-refractivity contribution in [1.82, 2.24) is 20.4 Å². The molecule has 0 saturated carbocycles. The molecule has 2 N–H and O–H groups in total. The summed E-state index contributed by atoms with van der Waals surface area (Å²) in [5.41, 5.74) is 1.91. The van der Waals surface area contributed by atoms with Crippen LogP contribution in [0.15, 0.2) is 36.7 Å². The van der Waals surface area contributed by atoms with Crippen molar-refractivity contribution in [1.29, 1.82) is 0 Å². The minimum absolute atomic E-state index is 0.0884. The summed E-state index contributed by atoms with van der Waals surface area (Å²) in [4.78, 5) is 12.3. The van der Waals surface area contributed by atoms with Gasteiger partial charge in [-0.2, -0.15) is 5.10 Å². The molecule has 1 aliphatic heterocycles. The first kappa shape index (κ1) is 17.4. The summed E-state index contributed by atoms with van der Waals surface area (Å²) >= 11 is 0. The van der Waals surface area contributed by atoms with Crippen LogP contribution in [0, 0.1) is 5.82 Å². The molecule has 2 heterocycles. The number of halogens is 1. The normalized spacial score (nSPS) is 18.1. The highest BCUT2D eigenvalue weighted by atomic mass is 19.1. The molecule has 1 aromatic heterocycles. The molecular weight excluding hydrogens is 323 g/mol. The van der Waals surface area contributed by atoms with Crippen molar-refractivity contribution in [2.45, 2.75) is 31.4 Å². The van der Waals surface area contributed by atoms with Gasteiger partial charge in [0.05, 0.1) is 18.3 Å². The third-order valence-corrected chi connectivity index (χ3v) is 4.31. The first-order valence-corrected chi connectivity index (χ1v) is 8.51. The van der Waals surface area contributed by atoms with Gasteiger partial charge in [-0.1, -0.05) is 12.1 Å². The molecule has 2 atom stereocenters. The lowest BCUT2D eigenvalue weighted by atomic mass is 9.99. The maximum Gasteiger partial charge on any atom is 0.315 e. The molecule has 0 radical (unpaired) electrons. The number of aromatic nitrogens is 2. The number of hydrogen-bond acceptors (Lipinski definition) is 3. The maximum atomic E-state index is 13.2. The topological polar surface area (TPSA) is 68.2 Å². The van der Waals surface area contributed by atoms with Crippen molar-refractivity contribution in [2.24, 2.45) is 7.05 Å². The van der Waals surface area contributed by atoms with Crippen LogP contribution in [0.25, 0.3) is 0 Å². The van der Waals surface area contributed by atoms with Gasteiger partial charge < -0.3 is 15.4 Å². The van der Waals surface area contributed by atoms with Crippen LogP contribution in [0.3, 0.4) is 0 Å². The Hall–Kier alpha value is -2.41. The lowest BCUT2D eigenvalue weighted by Crippen LogP contribution is -2.42. The van der Waals surface area contributed by atoms with Crippen molar-refractivity contribution in [3.8, 4) is 0 Å². The highest BCUT2D eigenvalue weighted by Crippen LogP contribution is 2.27. The highest BCUT2D eigenvalue weighted by molar-refractivity contribution is 5.74. The fourth-order valence-corrected chi connectivity index (χ4v) is 3.04. The van der Waals surface area contributed by atoms with E-state index in [-0.39, 0.29) is 24.0 Å². The SMILES string of the molecule is Cn1cc(CCNC(=O)N[C@H](c2ccc(F)cc2)[C@H]2CCCO2)cn1.